The minimum Gasteiger partial charge on any atom is -0.493 e. The molecule has 0 radical (unpaired) electrons. The summed E-state index contributed by atoms with van der Waals surface area (Å²) in [4.78, 5) is 14.0. The summed E-state index contributed by atoms with van der Waals surface area (Å²) < 4.78 is 18.8. The number of nitrogens with zero attached hydrogens (tertiary/aromatic N) is 2. The zero-order valence-electron chi connectivity index (χ0n) is 16.4. The Labute approximate surface area is 168 Å². The first-order valence-corrected chi connectivity index (χ1v) is 9.34. The summed E-state index contributed by atoms with van der Waals surface area (Å²) in [5, 5.41) is 0.862. The van der Waals surface area contributed by atoms with E-state index in [-0.39, 0.29) is 5.63 Å². The van der Waals surface area contributed by atoms with Crippen molar-refractivity contribution in [2.75, 3.05) is 25.7 Å². The van der Waals surface area contributed by atoms with Crippen molar-refractivity contribution >= 4 is 22.3 Å². The lowest BCUT2D eigenvalue weighted by Crippen LogP contribution is -2.13. The van der Waals surface area contributed by atoms with Crippen LogP contribution in [-0.4, -0.2) is 25.3 Å². The van der Waals surface area contributed by atoms with Crippen molar-refractivity contribution in [3.8, 4) is 11.5 Å². The Kier molecular flexibility index (Phi) is 5.24. The average molecular weight is 390 g/mol. The van der Waals surface area contributed by atoms with Crippen LogP contribution < -0.4 is 20.0 Å². The van der Waals surface area contributed by atoms with Gasteiger partial charge in [0.1, 0.15) is 12.2 Å². The Hall–Kier alpha value is -3.67. The van der Waals surface area contributed by atoms with Crippen molar-refractivity contribution < 1.29 is 13.9 Å². The average Bonchev–Trinajstić information content (AvgIpc) is 3.26. The smallest absolute Gasteiger partial charge is 0.338 e. The number of aromatic nitrogens is 1. The molecule has 0 bridgehead atoms. The van der Waals surface area contributed by atoms with E-state index in [2.05, 4.69) is 4.57 Å². The van der Waals surface area contributed by atoms with E-state index in [1.165, 1.54) is 6.07 Å². The second-order valence-electron chi connectivity index (χ2n) is 6.61. The molecule has 2 aromatic carbocycles. The van der Waals surface area contributed by atoms with Crippen molar-refractivity contribution in [3.05, 3.63) is 83.5 Å². The molecule has 0 saturated carbocycles. The predicted octanol–water partition coefficient (Wildman–Crippen LogP) is 4.45. The number of benzene rings is 2. The SMILES string of the molecule is COc1ccc(N(C)c2cc(=O)oc3ccccc23)cc1OCCn1cccc1. The zero-order valence-corrected chi connectivity index (χ0v) is 16.4. The summed E-state index contributed by atoms with van der Waals surface area (Å²) in [6.07, 6.45) is 3.99. The lowest BCUT2D eigenvalue weighted by atomic mass is 10.1. The largest absolute Gasteiger partial charge is 0.493 e. The molecule has 0 unspecified atom stereocenters. The van der Waals surface area contributed by atoms with Gasteiger partial charge in [0.2, 0.25) is 0 Å². The molecule has 4 aromatic rings. The first-order valence-electron chi connectivity index (χ1n) is 9.34. The van der Waals surface area contributed by atoms with Gasteiger partial charge in [-0.05, 0) is 36.4 Å². The molecule has 6 heteroatoms. The highest BCUT2D eigenvalue weighted by atomic mass is 16.5. The number of methoxy groups -OCH3 is 1. The molecule has 0 N–H and O–H groups in total. The molecule has 2 heterocycles. The normalized spacial score (nSPS) is 10.8. The molecule has 0 aliphatic rings. The fourth-order valence-corrected chi connectivity index (χ4v) is 3.28. The quantitative estimate of drug-likeness (QED) is 0.437. The van der Waals surface area contributed by atoms with Gasteiger partial charge >= 0.3 is 5.63 Å². The summed E-state index contributed by atoms with van der Waals surface area (Å²) in [6, 6.07) is 18.7. The van der Waals surface area contributed by atoms with Crippen molar-refractivity contribution in [1.82, 2.24) is 4.57 Å². The maximum Gasteiger partial charge on any atom is 0.338 e. The Morgan fingerprint density at radius 2 is 1.79 bits per heavy atom. The molecule has 0 fully saturated rings. The fraction of sp³-hybridized carbons (Fsp3) is 0.174. The second-order valence-corrected chi connectivity index (χ2v) is 6.61. The lowest BCUT2D eigenvalue weighted by Gasteiger charge is -2.22. The van der Waals surface area contributed by atoms with E-state index in [4.69, 9.17) is 13.9 Å². The minimum atomic E-state index is -0.387. The van der Waals surface area contributed by atoms with Gasteiger partial charge in [-0.25, -0.2) is 4.79 Å². The number of rotatable bonds is 7. The topological polar surface area (TPSA) is 56.8 Å². The minimum absolute atomic E-state index is 0.387. The molecular formula is C23H22N2O4. The third-order valence-corrected chi connectivity index (χ3v) is 4.80. The summed E-state index contributed by atoms with van der Waals surface area (Å²) in [5.41, 5.74) is 1.80. The molecule has 0 atom stereocenters. The van der Waals surface area contributed by atoms with Gasteiger partial charge in [0, 0.05) is 42.6 Å². The maximum atomic E-state index is 12.0. The summed E-state index contributed by atoms with van der Waals surface area (Å²) in [5.74, 6) is 1.31. The molecule has 6 nitrogen and oxygen atoms in total. The Balaban J connectivity index is 1.64. The van der Waals surface area contributed by atoms with Crippen molar-refractivity contribution in [2.45, 2.75) is 6.54 Å². The number of fused-ring (bicyclic) bond motifs is 1. The van der Waals surface area contributed by atoms with Crippen molar-refractivity contribution in [1.29, 1.82) is 0 Å². The molecule has 0 amide bonds. The van der Waals surface area contributed by atoms with Crippen LogP contribution in [0.1, 0.15) is 0 Å². The van der Waals surface area contributed by atoms with E-state index in [0.29, 0.717) is 23.7 Å². The van der Waals surface area contributed by atoms with Crippen LogP contribution in [0, 0.1) is 0 Å². The molecule has 4 rings (SSSR count). The molecule has 29 heavy (non-hydrogen) atoms. The highest BCUT2D eigenvalue weighted by molar-refractivity contribution is 5.92. The van der Waals surface area contributed by atoms with Gasteiger partial charge in [-0.15, -0.1) is 0 Å². The van der Waals surface area contributed by atoms with Gasteiger partial charge in [-0.2, -0.15) is 0 Å². The van der Waals surface area contributed by atoms with E-state index in [1.54, 1.807) is 13.2 Å². The number of para-hydroxylation sites is 1. The van der Waals surface area contributed by atoms with E-state index >= 15 is 0 Å². The number of anilines is 2. The van der Waals surface area contributed by atoms with Gasteiger partial charge in [-0.1, -0.05) is 12.1 Å². The zero-order chi connectivity index (χ0) is 20.2. The summed E-state index contributed by atoms with van der Waals surface area (Å²) >= 11 is 0. The summed E-state index contributed by atoms with van der Waals surface area (Å²) in [6.45, 7) is 1.25. The van der Waals surface area contributed by atoms with Gasteiger partial charge < -0.3 is 23.4 Å². The number of ether oxygens (including phenoxy) is 2. The molecule has 148 valence electrons. The first-order chi connectivity index (χ1) is 14.2. The van der Waals surface area contributed by atoms with Crippen LogP contribution in [-0.2, 0) is 6.54 Å². The van der Waals surface area contributed by atoms with Gasteiger partial charge in [-0.3, -0.25) is 0 Å². The second kappa shape index (κ2) is 8.14. The Morgan fingerprint density at radius 3 is 2.59 bits per heavy atom. The molecule has 0 aliphatic heterocycles. The predicted molar refractivity (Wildman–Crippen MR) is 113 cm³/mol. The van der Waals surface area contributed by atoms with Crippen LogP contribution in [0.5, 0.6) is 11.5 Å². The van der Waals surface area contributed by atoms with Crippen LogP contribution in [0.2, 0.25) is 0 Å². The Morgan fingerprint density at radius 1 is 1.00 bits per heavy atom. The van der Waals surface area contributed by atoms with Crippen LogP contribution >= 0.6 is 0 Å². The lowest BCUT2D eigenvalue weighted by molar-refractivity contribution is 0.280. The van der Waals surface area contributed by atoms with Gasteiger partial charge in [0.25, 0.3) is 0 Å². The van der Waals surface area contributed by atoms with Crippen LogP contribution in [0.3, 0.4) is 0 Å². The Bertz CT molecular complexity index is 1170. The van der Waals surface area contributed by atoms with E-state index in [0.717, 1.165) is 23.3 Å². The molecule has 0 saturated heterocycles. The standard InChI is InChI=1S/C23H22N2O4/c1-24(19-16-23(26)29-20-8-4-3-7-18(19)20)17-9-10-21(27-2)22(15-17)28-14-13-25-11-5-6-12-25/h3-12,15-16H,13-14H2,1-2H3. The van der Waals surface area contributed by atoms with Gasteiger partial charge in [0.15, 0.2) is 11.5 Å². The number of hydrogen-bond acceptors (Lipinski definition) is 5. The fourth-order valence-electron chi connectivity index (χ4n) is 3.28. The molecular weight excluding hydrogens is 368 g/mol. The van der Waals surface area contributed by atoms with Crippen LogP contribution in [0.15, 0.2) is 82.3 Å². The van der Waals surface area contributed by atoms with E-state index in [9.17, 15) is 4.79 Å². The highest BCUT2D eigenvalue weighted by Crippen LogP contribution is 2.35. The molecule has 0 aliphatic carbocycles. The van der Waals surface area contributed by atoms with Gasteiger partial charge in [0.05, 0.1) is 19.3 Å². The van der Waals surface area contributed by atoms with Crippen molar-refractivity contribution in [3.63, 3.8) is 0 Å². The van der Waals surface area contributed by atoms with Crippen LogP contribution in [0.25, 0.3) is 11.0 Å². The van der Waals surface area contributed by atoms with Crippen molar-refractivity contribution in [2.24, 2.45) is 0 Å². The highest BCUT2D eigenvalue weighted by Gasteiger charge is 2.14. The molecule has 0 spiro atoms. The maximum absolute atomic E-state index is 12.0. The van der Waals surface area contributed by atoms with E-state index in [1.807, 2.05) is 72.9 Å². The number of hydrogen-bond donors (Lipinski definition) is 0. The third kappa shape index (κ3) is 3.96. The summed E-state index contributed by atoms with van der Waals surface area (Å²) in [7, 11) is 3.53. The monoisotopic (exact) mass is 390 g/mol. The molecule has 2 aromatic heterocycles. The third-order valence-electron chi connectivity index (χ3n) is 4.80. The van der Waals surface area contributed by atoms with E-state index < -0.39 is 0 Å². The van der Waals surface area contributed by atoms with Crippen LogP contribution in [0.4, 0.5) is 11.4 Å². The first kappa shape index (κ1) is 18.7.